The Bertz CT molecular complexity index is 758. The van der Waals surface area contributed by atoms with E-state index in [1.54, 1.807) is 24.3 Å². The lowest BCUT2D eigenvalue weighted by Crippen LogP contribution is -2.14. The van der Waals surface area contributed by atoms with E-state index in [-0.39, 0.29) is 16.5 Å². The van der Waals surface area contributed by atoms with Gasteiger partial charge in [0.25, 0.3) is 10.0 Å². The first kappa shape index (κ1) is 17.1. The zero-order chi connectivity index (χ0) is 16.9. The van der Waals surface area contributed by atoms with Gasteiger partial charge >= 0.3 is 0 Å². The SMILES string of the molecule is CCCc1ccc(S(=O)(=O)Nc2ccc(OC)nc2OC)cc1. The first-order chi connectivity index (χ1) is 11.0. The number of rotatable bonds is 7. The van der Waals surface area contributed by atoms with Gasteiger partial charge in [0.05, 0.1) is 19.1 Å². The topological polar surface area (TPSA) is 77.5 Å². The third-order valence-electron chi connectivity index (χ3n) is 3.25. The Morgan fingerprint density at radius 3 is 2.30 bits per heavy atom. The van der Waals surface area contributed by atoms with E-state index in [2.05, 4.69) is 16.6 Å². The molecule has 124 valence electrons. The van der Waals surface area contributed by atoms with Crippen LogP contribution in [0.1, 0.15) is 18.9 Å². The van der Waals surface area contributed by atoms with Gasteiger partial charge in [0.2, 0.25) is 11.8 Å². The van der Waals surface area contributed by atoms with Crippen LogP contribution in [0.25, 0.3) is 0 Å². The maximum Gasteiger partial charge on any atom is 0.262 e. The van der Waals surface area contributed by atoms with Crippen LogP contribution in [0.5, 0.6) is 11.8 Å². The number of hydrogen-bond acceptors (Lipinski definition) is 5. The van der Waals surface area contributed by atoms with E-state index in [4.69, 9.17) is 9.47 Å². The van der Waals surface area contributed by atoms with Crippen LogP contribution in [-0.4, -0.2) is 27.6 Å². The molecule has 6 nitrogen and oxygen atoms in total. The lowest BCUT2D eigenvalue weighted by molar-refractivity contribution is 0.366. The maximum absolute atomic E-state index is 12.5. The molecule has 7 heteroatoms. The minimum Gasteiger partial charge on any atom is -0.481 e. The lowest BCUT2D eigenvalue weighted by atomic mass is 10.1. The molecule has 0 fully saturated rings. The highest BCUT2D eigenvalue weighted by molar-refractivity contribution is 7.92. The molecule has 0 saturated carbocycles. The zero-order valence-electron chi connectivity index (χ0n) is 13.4. The molecule has 0 aliphatic carbocycles. The smallest absolute Gasteiger partial charge is 0.262 e. The van der Waals surface area contributed by atoms with Crippen LogP contribution in [0.4, 0.5) is 5.69 Å². The second-order valence-corrected chi connectivity index (χ2v) is 6.59. The highest BCUT2D eigenvalue weighted by Gasteiger charge is 2.17. The molecule has 23 heavy (non-hydrogen) atoms. The lowest BCUT2D eigenvalue weighted by Gasteiger charge is -2.12. The second kappa shape index (κ2) is 7.32. The van der Waals surface area contributed by atoms with Gasteiger partial charge in [-0.05, 0) is 30.2 Å². The highest BCUT2D eigenvalue weighted by atomic mass is 32.2. The van der Waals surface area contributed by atoms with Crippen molar-refractivity contribution >= 4 is 15.7 Å². The molecule has 2 aromatic rings. The quantitative estimate of drug-likeness (QED) is 0.841. The summed E-state index contributed by atoms with van der Waals surface area (Å²) in [5, 5.41) is 0. The average molecular weight is 336 g/mol. The number of sulfonamides is 1. The summed E-state index contributed by atoms with van der Waals surface area (Å²) in [7, 11) is -0.817. The summed E-state index contributed by atoms with van der Waals surface area (Å²) in [6, 6.07) is 9.94. The highest BCUT2D eigenvalue weighted by Crippen LogP contribution is 2.27. The molecule has 0 saturated heterocycles. The zero-order valence-corrected chi connectivity index (χ0v) is 14.2. The number of hydrogen-bond donors (Lipinski definition) is 1. The second-order valence-electron chi connectivity index (χ2n) is 4.91. The molecule has 1 N–H and O–H groups in total. The van der Waals surface area contributed by atoms with Gasteiger partial charge in [-0.15, -0.1) is 0 Å². The predicted octanol–water partition coefficient (Wildman–Crippen LogP) is 2.85. The van der Waals surface area contributed by atoms with Gasteiger partial charge in [-0.1, -0.05) is 25.5 Å². The number of aryl methyl sites for hydroxylation is 1. The van der Waals surface area contributed by atoms with Crippen LogP contribution >= 0.6 is 0 Å². The van der Waals surface area contributed by atoms with Crippen LogP contribution in [0.2, 0.25) is 0 Å². The number of benzene rings is 1. The number of nitrogens with one attached hydrogen (secondary N) is 1. The summed E-state index contributed by atoms with van der Waals surface area (Å²) >= 11 is 0. The molecule has 0 aliphatic heterocycles. The van der Waals surface area contributed by atoms with Crippen molar-refractivity contribution in [1.82, 2.24) is 4.98 Å². The Labute approximate surface area is 136 Å². The molecule has 1 aromatic heterocycles. The molecule has 0 bridgehead atoms. The van der Waals surface area contributed by atoms with Crippen molar-refractivity contribution in [2.75, 3.05) is 18.9 Å². The molecule has 0 unspecified atom stereocenters. The maximum atomic E-state index is 12.5. The average Bonchev–Trinajstić information content (AvgIpc) is 2.55. The van der Waals surface area contributed by atoms with Crippen molar-refractivity contribution in [2.45, 2.75) is 24.7 Å². The predicted molar refractivity (Wildman–Crippen MR) is 88.6 cm³/mol. The van der Waals surface area contributed by atoms with Crippen LogP contribution in [0, 0.1) is 0 Å². The summed E-state index contributed by atoms with van der Waals surface area (Å²) in [6.07, 6.45) is 1.93. The van der Waals surface area contributed by atoms with Crippen LogP contribution in [0.15, 0.2) is 41.3 Å². The van der Waals surface area contributed by atoms with Gasteiger partial charge in [-0.3, -0.25) is 4.72 Å². The normalized spacial score (nSPS) is 11.1. The summed E-state index contributed by atoms with van der Waals surface area (Å²) < 4.78 is 37.5. The molecule has 0 amide bonds. The van der Waals surface area contributed by atoms with Crippen molar-refractivity contribution in [3.05, 3.63) is 42.0 Å². The standard InChI is InChI=1S/C16H20N2O4S/c1-4-5-12-6-8-13(9-7-12)23(19,20)18-14-10-11-15(21-2)17-16(14)22-3/h6-11,18H,4-5H2,1-3H3. The Morgan fingerprint density at radius 2 is 1.74 bits per heavy atom. The monoisotopic (exact) mass is 336 g/mol. The molecular weight excluding hydrogens is 316 g/mol. The fourth-order valence-electron chi connectivity index (χ4n) is 2.10. The molecule has 2 rings (SSSR count). The fourth-order valence-corrected chi connectivity index (χ4v) is 3.16. The van der Waals surface area contributed by atoms with Crippen LogP contribution in [0.3, 0.4) is 0 Å². The number of anilines is 1. The van der Waals surface area contributed by atoms with Crippen molar-refractivity contribution < 1.29 is 17.9 Å². The summed E-state index contributed by atoms with van der Waals surface area (Å²) in [4.78, 5) is 4.24. The Morgan fingerprint density at radius 1 is 1.04 bits per heavy atom. The van der Waals surface area contributed by atoms with Crippen molar-refractivity contribution in [2.24, 2.45) is 0 Å². The van der Waals surface area contributed by atoms with Gasteiger partial charge in [-0.2, -0.15) is 4.98 Å². The van der Waals surface area contributed by atoms with Crippen LogP contribution < -0.4 is 14.2 Å². The van der Waals surface area contributed by atoms with Gasteiger partial charge in [0.15, 0.2) is 0 Å². The molecule has 0 radical (unpaired) electrons. The summed E-state index contributed by atoms with van der Waals surface area (Å²) in [5.41, 5.74) is 1.36. The van der Waals surface area contributed by atoms with E-state index >= 15 is 0 Å². The van der Waals surface area contributed by atoms with E-state index in [0.29, 0.717) is 5.88 Å². The number of ether oxygens (including phenoxy) is 2. The Hall–Kier alpha value is -2.28. The Balaban J connectivity index is 2.27. The van der Waals surface area contributed by atoms with E-state index in [1.165, 1.54) is 14.2 Å². The van der Waals surface area contributed by atoms with E-state index in [0.717, 1.165) is 18.4 Å². The van der Waals surface area contributed by atoms with Crippen molar-refractivity contribution in [3.63, 3.8) is 0 Å². The Kier molecular flexibility index (Phi) is 5.44. The van der Waals surface area contributed by atoms with E-state index in [1.807, 2.05) is 12.1 Å². The van der Waals surface area contributed by atoms with Gasteiger partial charge in [0, 0.05) is 6.07 Å². The summed E-state index contributed by atoms with van der Waals surface area (Å²) in [6.45, 7) is 2.08. The minimum atomic E-state index is -3.71. The third kappa shape index (κ3) is 4.13. The summed E-state index contributed by atoms with van der Waals surface area (Å²) in [5.74, 6) is 0.490. The van der Waals surface area contributed by atoms with E-state index in [9.17, 15) is 8.42 Å². The van der Waals surface area contributed by atoms with Gasteiger partial charge in [0.1, 0.15) is 5.69 Å². The first-order valence-corrected chi connectivity index (χ1v) is 8.69. The number of nitrogens with zero attached hydrogens (tertiary/aromatic N) is 1. The van der Waals surface area contributed by atoms with Crippen molar-refractivity contribution in [1.29, 1.82) is 0 Å². The number of methoxy groups -OCH3 is 2. The number of aromatic nitrogens is 1. The molecule has 0 spiro atoms. The van der Waals surface area contributed by atoms with Crippen molar-refractivity contribution in [3.8, 4) is 11.8 Å². The number of pyridine rings is 1. The molecule has 0 aliphatic rings. The first-order valence-electron chi connectivity index (χ1n) is 7.21. The molecule has 1 aromatic carbocycles. The molecular formula is C16H20N2O4S. The van der Waals surface area contributed by atoms with E-state index < -0.39 is 10.0 Å². The minimum absolute atomic E-state index is 0.149. The fraction of sp³-hybridized carbons (Fsp3) is 0.312. The van der Waals surface area contributed by atoms with Gasteiger partial charge < -0.3 is 9.47 Å². The molecule has 0 atom stereocenters. The largest absolute Gasteiger partial charge is 0.481 e. The van der Waals surface area contributed by atoms with Crippen LogP contribution in [-0.2, 0) is 16.4 Å². The van der Waals surface area contributed by atoms with Gasteiger partial charge in [-0.25, -0.2) is 8.42 Å². The third-order valence-corrected chi connectivity index (χ3v) is 4.64. The molecule has 1 heterocycles.